The highest BCUT2D eigenvalue weighted by atomic mass is 79.9. The number of carbonyl (C=O) groups is 1. The topological polar surface area (TPSA) is 47.0 Å². The fraction of sp³-hybridized carbons (Fsp3) is 0. The van der Waals surface area contributed by atoms with E-state index in [0.29, 0.717) is 11.3 Å². The first-order chi connectivity index (χ1) is 8.65. The number of carbonyl (C=O) groups excluding carboxylic acids is 1. The molecule has 0 spiro atoms. The van der Waals surface area contributed by atoms with E-state index in [1.165, 1.54) is 6.08 Å². The Labute approximate surface area is 126 Å². The summed E-state index contributed by atoms with van der Waals surface area (Å²) in [6.07, 6.45) is 6.81. The quantitative estimate of drug-likeness (QED) is 0.473. The van der Waals surface area contributed by atoms with Gasteiger partial charge in [0.05, 0.1) is 6.08 Å². The van der Waals surface area contributed by atoms with E-state index in [9.17, 15) is 4.79 Å². The normalized spacial score (nSPS) is 10.2. The first kappa shape index (κ1) is 15.4. The maximum absolute atomic E-state index is 11.9. The molecule has 0 saturated carbocycles. The molecule has 0 amide bonds. The Kier molecular flexibility index (Phi) is 5.73. The Hall–Kier alpha value is -1.65. The van der Waals surface area contributed by atoms with Crippen molar-refractivity contribution >= 4 is 33.6 Å². The van der Waals surface area contributed by atoms with Crippen LogP contribution < -0.4 is 22.7 Å². The number of benzene rings is 1. The maximum atomic E-state index is 11.9. The van der Waals surface area contributed by atoms with Crippen LogP contribution in [0.4, 0.5) is 5.69 Å². The number of allylic oxidation sites excluding steroid dienone is 1. The standard InChI is InChI=1S/C14H11BrN2O.ClH/c15-12-3-1-2-11(10-12)14(18)6-9-17-7-4-13(16)5-8-17;/h1-10,16H;1H/b9-6+;. The lowest BCUT2D eigenvalue weighted by atomic mass is 10.1. The summed E-state index contributed by atoms with van der Waals surface area (Å²) >= 11 is 3.34. The largest absolute Gasteiger partial charge is 1.00 e. The highest BCUT2D eigenvalue weighted by Crippen LogP contribution is 2.12. The highest BCUT2D eigenvalue weighted by Gasteiger charge is 2.03. The van der Waals surface area contributed by atoms with E-state index in [1.54, 1.807) is 47.4 Å². The molecule has 0 radical (unpaired) electrons. The molecule has 0 aliphatic rings. The van der Waals surface area contributed by atoms with Gasteiger partial charge in [0.15, 0.2) is 24.4 Å². The van der Waals surface area contributed by atoms with Crippen LogP contribution in [-0.4, -0.2) is 5.78 Å². The Morgan fingerprint density at radius 2 is 1.89 bits per heavy atom. The molecule has 0 unspecified atom stereocenters. The minimum atomic E-state index is -0.0411. The van der Waals surface area contributed by atoms with Crippen LogP contribution in [0.25, 0.3) is 6.20 Å². The first-order valence-electron chi connectivity index (χ1n) is 5.39. The van der Waals surface area contributed by atoms with Crippen molar-refractivity contribution in [3.8, 4) is 0 Å². The summed E-state index contributed by atoms with van der Waals surface area (Å²) in [5.41, 5.74) is 6.92. The Morgan fingerprint density at radius 3 is 2.53 bits per heavy atom. The minimum absolute atomic E-state index is 0. The number of anilines is 1. The van der Waals surface area contributed by atoms with Gasteiger partial charge in [-0.1, -0.05) is 28.1 Å². The van der Waals surface area contributed by atoms with Crippen LogP contribution in [0.2, 0.25) is 0 Å². The zero-order valence-corrected chi connectivity index (χ0v) is 12.3. The summed E-state index contributed by atoms with van der Waals surface area (Å²) in [4.78, 5) is 11.9. The number of ketones is 1. The molecule has 0 fully saturated rings. The number of hydrogen-bond donors (Lipinski definition) is 1. The molecule has 5 heteroatoms. The van der Waals surface area contributed by atoms with Gasteiger partial charge in [-0.15, -0.1) is 0 Å². The summed E-state index contributed by atoms with van der Waals surface area (Å²) in [5.74, 6) is -0.0411. The van der Waals surface area contributed by atoms with Gasteiger partial charge in [0.1, 0.15) is 0 Å². The molecule has 2 aromatic rings. The van der Waals surface area contributed by atoms with E-state index >= 15 is 0 Å². The van der Waals surface area contributed by atoms with Crippen molar-refractivity contribution in [3.63, 3.8) is 0 Å². The molecule has 0 aliphatic carbocycles. The average Bonchev–Trinajstić information content (AvgIpc) is 2.38. The molecule has 0 atom stereocenters. The molecule has 0 aliphatic heterocycles. The molecular weight excluding hydrogens is 328 g/mol. The second kappa shape index (κ2) is 7.07. The molecule has 3 nitrogen and oxygen atoms in total. The summed E-state index contributed by atoms with van der Waals surface area (Å²) in [6, 6.07) is 10.8. The smallest absolute Gasteiger partial charge is 0.191 e. The van der Waals surface area contributed by atoms with Crippen LogP contribution in [0.15, 0.2) is 59.3 Å². The monoisotopic (exact) mass is 338 g/mol. The Balaban J connectivity index is 0.00000180. The van der Waals surface area contributed by atoms with Gasteiger partial charge in [-0.2, -0.15) is 4.57 Å². The van der Waals surface area contributed by atoms with E-state index in [-0.39, 0.29) is 18.2 Å². The summed E-state index contributed by atoms with van der Waals surface area (Å²) in [5, 5.41) is 0. The van der Waals surface area contributed by atoms with Crippen molar-refractivity contribution in [2.24, 2.45) is 0 Å². The van der Waals surface area contributed by atoms with Crippen LogP contribution in [0.5, 0.6) is 0 Å². The van der Waals surface area contributed by atoms with Crippen molar-refractivity contribution in [2.75, 3.05) is 5.73 Å². The van der Waals surface area contributed by atoms with Gasteiger partial charge >= 0.3 is 0 Å². The van der Waals surface area contributed by atoms with Crippen molar-refractivity contribution in [2.45, 2.75) is 0 Å². The van der Waals surface area contributed by atoms with E-state index < -0.39 is 0 Å². The molecule has 1 aromatic heterocycles. The van der Waals surface area contributed by atoms with Crippen LogP contribution in [0.3, 0.4) is 0 Å². The Morgan fingerprint density at radius 1 is 1.21 bits per heavy atom. The lowest BCUT2D eigenvalue weighted by Crippen LogP contribution is -3.00. The minimum Gasteiger partial charge on any atom is -1.00 e. The van der Waals surface area contributed by atoms with Gasteiger partial charge in [0.2, 0.25) is 0 Å². The molecule has 19 heavy (non-hydrogen) atoms. The number of pyridine rings is 1. The lowest BCUT2D eigenvalue weighted by Gasteiger charge is -1.95. The van der Waals surface area contributed by atoms with Crippen LogP contribution in [0, 0.1) is 0 Å². The predicted molar refractivity (Wildman–Crippen MR) is 74.9 cm³/mol. The molecule has 1 heterocycles. The third-order valence-electron chi connectivity index (χ3n) is 2.39. The molecule has 0 saturated heterocycles. The molecular formula is C14H12BrClN2O. The van der Waals surface area contributed by atoms with E-state index in [0.717, 1.165) is 4.47 Å². The van der Waals surface area contributed by atoms with Gasteiger partial charge in [-0.3, -0.25) is 4.79 Å². The first-order valence-corrected chi connectivity index (χ1v) is 6.19. The number of halogens is 2. The zero-order valence-electron chi connectivity index (χ0n) is 9.96. The zero-order chi connectivity index (χ0) is 13.0. The number of rotatable bonds is 3. The maximum Gasteiger partial charge on any atom is 0.191 e. The highest BCUT2D eigenvalue weighted by molar-refractivity contribution is 9.10. The van der Waals surface area contributed by atoms with E-state index in [4.69, 9.17) is 5.73 Å². The number of nitrogen functional groups attached to an aromatic ring is 1. The van der Waals surface area contributed by atoms with Crippen molar-refractivity contribution in [3.05, 3.63) is 64.9 Å². The molecule has 1 aromatic carbocycles. The molecule has 0 bridgehead atoms. The summed E-state index contributed by atoms with van der Waals surface area (Å²) < 4.78 is 2.66. The van der Waals surface area contributed by atoms with Crippen molar-refractivity contribution < 1.29 is 21.8 Å². The third kappa shape index (κ3) is 4.50. The average molecular weight is 340 g/mol. The number of aromatic nitrogens is 1. The van der Waals surface area contributed by atoms with Gasteiger partial charge in [0, 0.05) is 27.9 Å². The summed E-state index contributed by atoms with van der Waals surface area (Å²) in [7, 11) is 0. The van der Waals surface area contributed by atoms with Crippen molar-refractivity contribution in [1.82, 2.24) is 0 Å². The molecule has 2 rings (SSSR count). The third-order valence-corrected chi connectivity index (χ3v) is 2.88. The fourth-order valence-electron chi connectivity index (χ4n) is 1.44. The van der Waals surface area contributed by atoms with Gasteiger partial charge in [0.25, 0.3) is 0 Å². The number of hydrogen-bond acceptors (Lipinski definition) is 2. The predicted octanol–water partition coefficient (Wildman–Crippen LogP) is -0.324. The van der Waals surface area contributed by atoms with E-state index in [1.807, 2.05) is 12.1 Å². The van der Waals surface area contributed by atoms with Crippen LogP contribution in [0.1, 0.15) is 10.4 Å². The molecule has 98 valence electrons. The second-order valence-corrected chi connectivity index (χ2v) is 4.68. The van der Waals surface area contributed by atoms with Gasteiger partial charge < -0.3 is 18.1 Å². The van der Waals surface area contributed by atoms with E-state index in [2.05, 4.69) is 15.9 Å². The number of nitrogens with zero attached hydrogens (tertiary/aromatic N) is 1. The lowest BCUT2D eigenvalue weighted by molar-refractivity contribution is -0.568. The summed E-state index contributed by atoms with van der Waals surface area (Å²) in [6.45, 7) is 0. The number of nitrogens with two attached hydrogens (primary N) is 1. The van der Waals surface area contributed by atoms with Gasteiger partial charge in [-0.05, 0) is 12.1 Å². The van der Waals surface area contributed by atoms with Gasteiger partial charge in [-0.25, -0.2) is 0 Å². The second-order valence-electron chi connectivity index (χ2n) is 3.77. The SMILES string of the molecule is Nc1cc[n+](/C=C/C(=O)c2cccc(Br)c2)cc1.[Cl-]. The van der Waals surface area contributed by atoms with Crippen LogP contribution >= 0.6 is 15.9 Å². The Bertz CT molecular complexity index is 597. The van der Waals surface area contributed by atoms with Crippen molar-refractivity contribution in [1.29, 1.82) is 0 Å². The molecule has 2 N–H and O–H groups in total. The fourth-order valence-corrected chi connectivity index (χ4v) is 1.84. The van der Waals surface area contributed by atoms with Crippen LogP contribution in [-0.2, 0) is 0 Å².